The number of hydrogen-bond acceptors (Lipinski definition) is 5. The van der Waals surface area contributed by atoms with Crippen LogP contribution in [0, 0.1) is 13.8 Å². The Labute approximate surface area is 140 Å². The minimum Gasteiger partial charge on any atom is -0.381 e. The number of H-pyrrole nitrogens is 1. The summed E-state index contributed by atoms with van der Waals surface area (Å²) in [5, 5.41) is 11.5. The van der Waals surface area contributed by atoms with Gasteiger partial charge in [0.05, 0.1) is 12.3 Å². The molecule has 6 heteroatoms. The van der Waals surface area contributed by atoms with E-state index in [1.165, 1.54) is 11.1 Å². The number of aromatic nitrogens is 4. The Morgan fingerprint density at radius 3 is 2.92 bits per heavy atom. The average molecular weight is 324 g/mol. The fourth-order valence-corrected chi connectivity index (χ4v) is 3.12. The third-order valence-electron chi connectivity index (χ3n) is 4.43. The summed E-state index contributed by atoms with van der Waals surface area (Å²) in [7, 11) is 0. The number of aromatic amines is 1. The number of nitrogens with zero attached hydrogens (tertiary/aromatic N) is 3. The fraction of sp³-hybridized carbons (Fsp3) is 0.389. The van der Waals surface area contributed by atoms with Crippen LogP contribution >= 0.6 is 0 Å². The van der Waals surface area contributed by atoms with Gasteiger partial charge in [-0.1, -0.05) is 28.9 Å². The van der Waals surface area contributed by atoms with E-state index in [0.29, 0.717) is 18.3 Å². The molecule has 1 N–H and O–H groups in total. The predicted octanol–water partition coefficient (Wildman–Crippen LogP) is 3.64. The summed E-state index contributed by atoms with van der Waals surface area (Å²) in [4.78, 5) is 4.52. The molecule has 0 amide bonds. The molecule has 1 atom stereocenters. The minimum absolute atomic E-state index is 0.220. The molecule has 0 bridgehead atoms. The molecule has 1 aliphatic heterocycles. The highest BCUT2D eigenvalue weighted by atomic mass is 16.5. The molecule has 2 aromatic heterocycles. The molecule has 1 saturated heterocycles. The first kappa shape index (κ1) is 15.1. The van der Waals surface area contributed by atoms with Crippen LogP contribution in [-0.2, 0) is 4.74 Å². The molecular weight excluding hydrogens is 304 g/mol. The van der Waals surface area contributed by atoms with Gasteiger partial charge < -0.3 is 9.26 Å². The molecule has 24 heavy (non-hydrogen) atoms. The predicted molar refractivity (Wildman–Crippen MR) is 89.6 cm³/mol. The number of rotatable bonds is 3. The summed E-state index contributed by atoms with van der Waals surface area (Å²) in [6.07, 6.45) is 2.07. The van der Waals surface area contributed by atoms with Crippen molar-refractivity contribution in [1.29, 1.82) is 0 Å². The molecule has 4 rings (SSSR count). The van der Waals surface area contributed by atoms with Crippen molar-refractivity contribution in [3.8, 4) is 22.8 Å². The van der Waals surface area contributed by atoms with E-state index in [1.54, 1.807) is 0 Å². The second kappa shape index (κ2) is 6.20. The highest BCUT2D eigenvalue weighted by Crippen LogP contribution is 2.28. The molecule has 124 valence electrons. The topological polar surface area (TPSA) is 76.8 Å². The van der Waals surface area contributed by atoms with Gasteiger partial charge in [0, 0.05) is 18.1 Å². The first-order valence-corrected chi connectivity index (χ1v) is 8.25. The van der Waals surface area contributed by atoms with E-state index in [4.69, 9.17) is 9.26 Å². The monoisotopic (exact) mass is 324 g/mol. The van der Waals surface area contributed by atoms with Crippen molar-refractivity contribution >= 4 is 0 Å². The standard InChI is InChI=1S/C18H20N4O2/c1-11-5-6-14(12(2)8-11)15-9-16(21-20-15)18-19-17(22-24-18)13-4-3-7-23-10-13/h5-6,8-9,13H,3-4,7,10H2,1-2H3,(H,20,21). The number of aryl methyl sites for hydroxylation is 2. The summed E-state index contributed by atoms with van der Waals surface area (Å²) in [6.45, 7) is 5.66. The second-order valence-electron chi connectivity index (χ2n) is 6.36. The van der Waals surface area contributed by atoms with E-state index in [0.717, 1.165) is 36.4 Å². The quantitative estimate of drug-likeness (QED) is 0.796. The Balaban J connectivity index is 1.59. The van der Waals surface area contributed by atoms with Gasteiger partial charge in [0.2, 0.25) is 0 Å². The lowest BCUT2D eigenvalue weighted by atomic mass is 10.0. The molecule has 1 aromatic carbocycles. The fourth-order valence-electron chi connectivity index (χ4n) is 3.12. The Morgan fingerprint density at radius 1 is 1.21 bits per heavy atom. The van der Waals surface area contributed by atoms with Gasteiger partial charge in [0.25, 0.3) is 5.89 Å². The van der Waals surface area contributed by atoms with E-state index in [2.05, 4.69) is 52.4 Å². The smallest absolute Gasteiger partial charge is 0.275 e. The molecule has 0 radical (unpaired) electrons. The van der Waals surface area contributed by atoms with E-state index in [-0.39, 0.29) is 5.92 Å². The van der Waals surface area contributed by atoms with Gasteiger partial charge in [-0.2, -0.15) is 10.1 Å². The molecule has 0 aliphatic carbocycles. The van der Waals surface area contributed by atoms with Crippen LogP contribution in [0.2, 0.25) is 0 Å². The first-order valence-electron chi connectivity index (χ1n) is 8.25. The zero-order valence-electron chi connectivity index (χ0n) is 13.9. The minimum atomic E-state index is 0.220. The van der Waals surface area contributed by atoms with Crippen molar-refractivity contribution in [3.63, 3.8) is 0 Å². The Morgan fingerprint density at radius 2 is 2.12 bits per heavy atom. The number of benzene rings is 1. The zero-order chi connectivity index (χ0) is 16.5. The molecule has 1 fully saturated rings. The SMILES string of the molecule is Cc1ccc(-c2cc(-c3nc(C4CCCOC4)no3)[nH]n2)c(C)c1. The highest BCUT2D eigenvalue weighted by Gasteiger charge is 2.22. The van der Waals surface area contributed by atoms with Crippen molar-refractivity contribution < 1.29 is 9.26 Å². The van der Waals surface area contributed by atoms with Crippen molar-refractivity contribution in [2.24, 2.45) is 0 Å². The van der Waals surface area contributed by atoms with Crippen LogP contribution in [-0.4, -0.2) is 33.6 Å². The maximum atomic E-state index is 5.49. The van der Waals surface area contributed by atoms with Gasteiger partial charge in [0.15, 0.2) is 5.82 Å². The number of nitrogens with one attached hydrogen (secondary N) is 1. The molecule has 1 aliphatic rings. The summed E-state index contributed by atoms with van der Waals surface area (Å²) >= 11 is 0. The van der Waals surface area contributed by atoms with E-state index >= 15 is 0 Å². The summed E-state index contributed by atoms with van der Waals surface area (Å²) in [5.41, 5.74) is 5.15. The van der Waals surface area contributed by atoms with Gasteiger partial charge in [-0.3, -0.25) is 5.10 Å². The van der Waals surface area contributed by atoms with Crippen LogP contribution < -0.4 is 0 Å². The Hall–Kier alpha value is -2.47. The van der Waals surface area contributed by atoms with Crippen molar-refractivity contribution in [3.05, 3.63) is 41.2 Å². The van der Waals surface area contributed by atoms with Crippen LogP contribution in [0.25, 0.3) is 22.8 Å². The highest BCUT2D eigenvalue weighted by molar-refractivity contribution is 5.67. The Kier molecular flexibility index (Phi) is 3.90. The normalized spacial score (nSPS) is 18.0. The van der Waals surface area contributed by atoms with Gasteiger partial charge in [0.1, 0.15) is 5.69 Å². The lowest BCUT2D eigenvalue weighted by molar-refractivity contribution is 0.0773. The lowest BCUT2D eigenvalue weighted by Crippen LogP contribution is -2.16. The molecule has 6 nitrogen and oxygen atoms in total. The molecule has 0 spiro atoms. The van der Waals surface area contributed by atoms with E-state index in [9.17, 15) is 0 Å². The second-order valence-corrected chi connectivity index (χ2v) is 6.36. The summed E-state index contributed by atoms with van der Waals surface area (Å²) < 4.78 is 10.9. The maximum absolute atomic E-state index is 5.49. The van der Waals surface area contributed by atoms with Gasteiger partial charge in [-0.15, -0.1) is 0 Å². The molecule has 0 saturated carbocycles. The average Bonchev–Trinajstić information content (AvgIpc) is 3.25. The van der Waals surface area contributed by atoms with E-state index < -0.39 is 0 Å². The maximum Gasteiger partial charge on any atom is 0.275 e. The molecule has 3 aromatic rings. The first-order chi connectivity index (χ1) is 11.7. The molecule has 3 heterocycles. The largest absolute Gasteiger partial charge is 0.381 e. The third-order valence-corrected chi connectivity index (χ3v) is 4.43. The van der Waals surface area contributed by atoms with Crippen molar-refractivity contribution in [1.82, 2.24) is 20.3 Å². The van der Waals surface area contributed by atoms with Crippen LogP contribution in [0.1, 0.15) is 35.7 Å². The third kappa shape index (κ3) is 2.85. The number of ether oxygens (including phenoxy) is 1. The molecular formula is C18H20N4O2. The lowest BCUT2D eigenvalue weighted by Gasteiger charge is -2.18. The summed E-state index contributed by atoms with van der Waals surface area (Å²) in [6, 6.07) is 8.28. The zero-order valence-corrected chi connectivity index (χ0v) is 13.9. The van der Waals surface area contributed by atoms with Crippen LogP contribution in [0.4, 0.5) is 0 Å². The van der Waals surface area contributed by atoms with Crippen LogP contribution in [0.15, 0.2) is 28.8 Å². The van der Waals surface area contributed by atoms with E-state index in [1.807, 2.05) is 6.07 Å². The van der Waals surface area contributed by atoms with Crippen molar-refractivity contribution in [2.75, 3.05) is 13.2 Å². The molecule has 1 unspecified atom stereocenters. The van der Waals surface area contributed by atoms with Crippen molar-refractivity contribution in [2.45, 2.75) is 32.6 Å². The Bertz CT molecular complexity index is 846. The van der Waals surface area contributed by atoms with Crippen LogP contribution in [0.5, 0.6) is 0 Å². The number of hydrogen-bond donors (Lipinski definition) is 1. The summed E-state index contributed by atoms with van der Waals surface area (Å²) in [5.74, 6) is 1.41. The van der Waals surface area contributed by atoms with Gasteiger partial charge in [-0.05, 0) is 38.3 Å². The van der Waals surface area contributed by atoms with Gasteiger partial charge >= 0.3 is 0 Å². The van der Waals surface area contributed by atoms with Crippen LogP contribution in [0.3, 0.4) is 0 Å². The van der Waals surface area contributed by atoms with Gasteiger partial charge in [-0.25, -0.2) is 0 Å².